The minimum Gasteiger partial charge on any atom is -0.372 e. The molecule has 0 spiro atoms. The normalized spacial score (nSPS) is 23.2. The molecule has 7 nitrogen and oxygen atoms in total. The number of benzene rings is 1. The number of amides is 3. The van der Waals surface area contributed by atoms with E-state index in [2.05, 4.69) is 5.32 Å². The molecule has 0 saturated carbocycles. The zero-order valence-electron chi connectivity index (χ0n) is 15.2. The maximum Gasteiger partial charge on any atom is 0.251 e. The molecule has 1 N–H and O–H groups in total. The molecule has 0 bridgehead atoms. The zero-order valence-corrected chi connectivity index (χ0v) is 15.2. The quantitative estimate of drug-likeness (QED) is 0.876. The standard InChI is InChI=1S/C19H25N3O4/c1-13-11-21(12-14(2)26-13)18(24)10-20-19(25)15-5-7-16(8-6-15)22-9-3-4-17(22)23/h5-8,13-14H,3-4,9-12H2,1-2H3,(H,20,25)/t13-,14+. The van der Waals surface area contributed by atoms with E-state index in [1.54, 1.807) is 34.1 Å². The zero-order chi connectivity index (χ0) is 18.7. The van der Waals surface area contributed by atoms with Crippen molar-refractivity contribution in [3.8, 4) is 0 Å². The average Bonchev–Trinajstić information content (AvgIpc) is 3.04. The molecule has 0 aromatic heterocycles. The van der Waals surface area contributed by atoms with Crippen LogP contribution in [0.4, 0.5) is 5.69 Å². The van der Waals surface area contributed by atoms with Crippen molar-refractivity contribution in [1.82, 2.24) is 10.2 Å². The lowest BCUT2D eigenvalue weighted by Gasteiger charge is -2.35. The molecule has 2 aliphatic heterocycles. The summed E-state index contributed by atoms with van der Waals surface area (Å²) in [5.74, 6) is -0.298. The smallest absolute Gasteiger partial charge is 0.251 e. The van der Waals surface area contributed by atoms with Crippen molar-refractivity contribution in [2.75, 3.05) is 31.1 Å². The summed E-state index contributed by atoms with van der Waals surface area (Å²) in [5, 5.41) is 2.67. The molecule has 1 aromatic rings. The molecule has 3 rings (SSSR count). The van der Waals surface area contributed by atoms with Gasteiger partial charge in [0.05, 0.1) is 18.8 Å². The van der Waals surface area contributed by atoms with Crippen LogP contribution in [0.2, 0.25) is 0 Å². The van der Waals surface area contributed by atoms with Crippen molar-refractivity contribution in [3.05, 3.63) is 29.8 Å². The first-order valence-corrected chi connectivity index (χ1v) is 9.06. The van der Waals surface area contributed by atoms with Crippen LogP contribution in [0.1, 0.15) is 37.0 Å². The SMILES string of the molecule is C[C@@H]1CN(C(=O)CNC(=O)c2ccc(N3CCCC3=O)cc2)C[C@H](C)O1. The molecule has 0 unspecified atom stereocenters. The van der Waals surface area contributed by atoms with E-state index in [1.165, 1.54) is 0 Å². The number of rotatable bonds is 4. The summed E-state index contributed by atoms with van der Waals surface area (Å²) in [4.78, 5) is 39.8. The van der Waals surface area contributed by atoms with Crippen molar-refractivity contribution in [2.45, 2.75) is 38.9 Å². The Hall–Kier alpha value is -2.41. The third-order valence-corrected chi connectivity index (χ3v) is 4.69. The van der Waals surface area contributed by atoms with Crippen LogP contribution in [0, 0.1) is 0 Å². The van der Waals surface area contributed by atoms with E-state index in [1.807, 2.05) is 13.8 Å². The Morgan fingerprint density at radius 1 is 1.15 bits per heavy atom. The first-order chi connectivity index (χ1) is 12.4. The van der Waals surface area contributed by atoms with E-state index in [0.717, 1.165) is 18.7 Å². The highest BCUT2D eigenvalue weighted by Gasteiger charge is 2.26. The Labute approximate surface area is 153 Å². The van der Waals surface area contributed by atoms with Gasteiger partial charge in [0.25, 0.3) is 5.91 Å². The highest BCUT2D eigenvalue weighted by molar-refractivity contribution is 5.98. The minimum atomic E-state index is -0.299. The molecule has 0 radical (unpaired) electrons. The van der Waals surface area contributed by atoms with E-state index in [4.69, 9.17) is 4.74 Å². The van der Waals surface area contributed by atoms with Crippen LogP contribution >= 0.6 is 0 Å². The van der Waals surface area contributed by atoms with E-state index >= 15 is 0 Å². The first kappa shape index (κ1) is 18.4. The fraction of sp³-hybridized carbons (Fsp3) is 0.526. The number of nitrogens with one attached hydrogen (secondary N) is 1. The summed E-state index contributed by atoms with van der Waals surface area (Å²) in [6, 6.07) is 6.90. The third kappa shape index (κ3) is 4.22. The van der Waals surface area contributed by atoms with Gasteiger partial charge in [0.2, 0.25) is 11.8 Å². The van der Waals surface area contributed by atoms with Crippen LogP contribution in [0.3, 0.4) is 0 Å². The van der Waals surface area contributed by atoms with Crippen LogP contribution in [0.15, 0.2) is 24.3 Å². The lowest BCUT2D eigenvalue weighted by atomic mass is 10.2. The molecule has 2 aliphatic rings. The van der Waals surface area contributed by atoms with E-state index in [0.29, 0.717) is 25.1 Å². The van der Waals surface area contributed by atoms with Crippen LogP contribution in [-0.4, -0.2) is 61.0 Å². The van der Waals surface area contributed by atoms with E-state index < -0.39 is 0 Å². The first-order valence-electron chi connectivity index (χ1n) is 9.06. The van der Waals surface area contributed by atoms with Crippen LogP contribution in [0.25, 0.3) is 0 Å². The van der Waals surface area contributed by atoms with Crippen molar-refractivity contribution in [3.63, 3.8) is 0 Å². The largest absolute Gasteiger partial charge is 0.372 e. The molecular formula is C19H25N3O4. The Morgan fingerprint density at radius 2 is 1.81 bits per heavy atom. The number of anilines is 1. The fourth-order valence-electron chi connectivity index (χ4n) is 3.47. The van der Waals surface area contributed by atoms with Crippen molar-refractivity contribution in [2.24, 2.45) is 0 Å². The van der Waals surface area contributed by atoms with Gasteiger partial charge in [-0.15, -0.1) is 0 Å². The lowest BCUT2D eigenvalue weighted by Crippen LogP contribution is -2.51. The summed E-state index contributed by atoms with van der Waals surface area (Å²) in [6.45, 7) is 5.62. The minimum absolute atomic E-state index is 0.000700. The monoisotopic (exact) mass is 359 g/mol. The van der Waals surface area contributed by atoms with Gasteiger partial charge >= 0.3 is 0 Å². The molecule has 140 valence electrons. The van der Waals surface area contributed by atoms with E-state index in [-0.39, 0.29) is 36.5 Å². The molecule has 26 heavy (non-hydrogen) atoms. The second-order valence-electron chi connectivity index (χ2n) is 6.93. The highest BCUT2D eigenvalue weighted by atomic mass is 16.5. The molecule has 2 saturated heterocycles. The van der Waals surface area contributed by atoms with Gasteiger partial charge in [0.15, 0.2) is 0 Å². The molecule has 2 heterocycles. The molecular weight excluding hydrogens is 334 g/mol. The second-order valence-corrected chi connectivity index (χ2v) is 6.93. The number of nitrogens with zero attached hydrogens (tertiary/aromatic N) is 2. The van der Waals surface area contributed by atoms with Gasteiger partial charge < -0.3 is 19.9 Å². The maximum atomic E-state index is 12.3. The molecule has 2 atom stereocenters. The van der Waals surface area contributed by atoms with Crippen LogP contribution < -0.4 is 10.2 Å². The van der Waals surface area contributed by atoms with Gasteiger partial charge in [0.1, 0.15) is 0 Å². The number of ether oxygens (including phenoxy) is 1. The predicted molar refractivity (Wildman–Crippen MR) is 97.0 cm³/mol. The number of carbonyl (C=O) groups is 3. The van der Waals surface area contributed by atoms with Gasteiger partial charge in [-0.05, 0) is 44.5 Å². The molecule has 2 fully saturated rings. The van der Waals surface area contributed by atoms with Crippen molar-refractivity contribution in [1.29, 1.82) is 0 Å². The summed E-state index contributed by atoms with van der Waals surface area (Å²) in [6.07, 6.45) is 1.43. The number of hydrogen-bond donors (Lipinski definition) is 1. The van der Waals surface area contributed by atoms with Gasteiger partial charge in [-0.1, -0.05) is 0 Å². The number of hydrogen-bond acceptors (Lipinski definition) is 4. The van der Waals surface area contributed by atoms with Gasteiger partial charge in [-0.3, -0.25) is 14.4 Å². The topological polar surface area (TPSA) is 79.0 Å². The van der Waals surface area contributed by atoms with E-state index in [9.17, 15) is 14.4 Å². The van der Waals surface area contributed by atoms with Crippen LogP contribution in [0.5, 0.6) is 0 Å². The maximum absolute atomic E-state index is 12.3. The average molecular weight is 359 g/mol. The van der Waals surface area contributed by atoms with Gasteiger partial charge in [0, 0.05) is 37.3 Å². The van der Waals surface area contributed by atoms with Crippen LogP contribution in [-0.2, 0) is 14.3 Å². The van der Waals surface area contributed by atoms with Crippen molar-refractivity contribution >= 4 is 23.4 Å². The van der Waals surface area contributed by atoms with Crippen molar-refractivity contribution < 1.29 is 19.1 Å². The highest BCUT2D eigenvalue weighted by Crippen LogP contribution is 2.21. The van der Waals surface area contributed by atoms with Gasteiger partial charge in [-0.25, -0.2) is 0 Å². The number of morpholine rings is 1. The van der Waals surface area contributed by atoms with Gasteiger partial charge in [-0.2, -0.15) is 0 Å². The Kier molecular flexibility index (Phi) is 5.56. The Balaban J connectivity index is 1.53. The summed E-state index contributed by atoms with van der Waals surface area (Å²) in [5.41, 5.74) is 1.27. The summed E-state index contributed by atoms with van der Waals surface area (Å²) in [7, 11) is 0. The fourth-order valence-corrected chi connectivity index (χ4v) is 3.47. The Morgan fingerprint density at radius 3 is 2.38 bits per heavy atom. The summed E-state index contributed by atoms with van der Waals surface area (Å²) < 4.78 is 5.61. The summed E-state index contributed by atoms with van der Waals surface area (Å²) >= 11 is 0. The molecule has 3 amide bonds. The molecule has 0 aliphatic carbocycles. The number of carbonyl (C=O) groups excluding carboxylic acids is 3. The second kappa shape index (κ2) is 7.86. The lowest BCUT2D eigenvalue weighted by molar-refractivity contribution is -0.142. The predicted octanol–water partition coefficient (Wildman–Crippen LogP) is 1.18. The third-order valence-electron chi connectivity index (χ3n) is 4.69. The molecule has 7 heteroatoms. The Bertz CT molecular complexity index is 679. The molecule has 1 aromatic carbocycles.